The number of ether oxygens (including phenoxy) is 7. The minimum atomic E-state index is 0.439. The van der Waals surface area contributed by atoms with Crippen molar-refractivity contribution in [3.63, 3.8) is 0 Å². The zero-order valence-corrected chi connectivity index (χ0v) is 26.9. The molecule has 0 radical (unpaired) electrons. The average Bonchev–Trinajstić information content (AvgIpc) is 2.98. The lowest BCUT2D eigenvalue weighted by molar-refractivity contribution is -0.299. The van der Waals surface area contributed by atoms with E-state index in [0.29, 0.717) is 99.1 Å². The van der Waals surface area contributed by atoms with Crippen molar-refractivity contribution < 1.29 is 42.9 Å². The van der Waals surface area contributed by atoms with Crippen LogP contribution in [0.25, 0.3) is 0 Å². The average molecular weight is 595 g/mol. The summed E-state index contributed by atoms with van der Waals surface area (Å²) in [5, 5.41) is 0. The van der Waals surface area contributed by atoms with Gasteiger partial charge in [0.15, 0.2) is 0 Å². The molecule has 0 amide bonds. The van der Waals surface area contributed by atoms with Crippen LogP contribution < -0.4 is 0 Å². The van der Waals surface area contributed by atoms with Gasteiger partial charge in [-0.3, -0.25) is 0 Å². The molecule has 41 heavy (non-hydrogen) atoms. The number of hydrogen-bond acceptors (Lipinski definition) is 9. The van der Waals surface area contributed by atoms with Crippen LogP contribution in [0.2, 0.25) is 0 Å². The van der Waals surface area contributed by atoms with Crippen molar-refractivity contribution in [3.05, 3.63) is 0 Å². The van der Waals surface area contributed by atoms with Crippen LogP contribution in [0.3, 0.4) is 0 Å². The molecule has 0 aromatic rings. The third-order valence-corrected chi connectivity index (χ3v) is 6.41. The number of hydrogen-bond donors (Lipinski definition) is 0. The monoisotopic (exact) mass is 594 g/mol. The minimum absolute atomic E-state index is 0.439. The maximum absolute atomic E-state index is 5.49. The molecule has 0 unspecified atom stereocenters. The standard InChI is InChI=1S/C32H66O9/c1-3-5-6-7-8-9-10-11-12-13-14-15-16-17-18-40-41-32-31-39-30-29-38-28-27-37-26-25-36-24-23-35-22-21-34-20-19-33-4-2/h3-32H2,1-2H3. The molecule has 0 aromatic carbocycles. The van der Waals surface area contributed by atoms with E-state index in [-0.39, 0.29) is 0 Å². The van der Waals surface area contributed by atoms with E-state index < -0.39 is 0 Å². The molecule has 0 atom stereocenters. The van der Waals surface area contributed by atoms with Crippen molar-refractivity contribution in [2.24, 2.45) is 0 Å². The van der Waals surface area contributed by atoms with E-state index in [4.69, 9.17) is 42.9 Å². The maximum atomic E-state index is 5.49. The molecule has 9 nitrogen and oxygen atoms in total. The topological polar surface area (TPSA) is 83.1 Å². The van der Waals surface area contributed by atoms with Crippen LogP contribution >= 0.6 is 0 Å². The minimum Gasteiger partial charge on any atom is -0.379 e. The highest BCUT2D eigenvalue weighted by Crippen LogP contribution is 2.13. The van der Waals surface area contributed by atoms with Gasteiger partial charge in [-0.15, -0.1) is 0 Å². The normalized spacial score (nSPS) is 11.6. The Morgan fingerprint density at radius 3 is 0.854 bits per heavy atom. The van der Waals surface area contributed by atoms with Gasteiger partial charge in [-0.1, -0.05) is 90.4 Å². The van der Waals surface area contributed by atoms with Gasteiger partial charge >= 0.3 is 0 Å². The van der Waals surface area contributed by atoms with E-state index >= 15 is 0 Å². The Hall–Kier alpha value is -0.360. The fraction of sp³-hybridized carbons (Fsp3) is 1.00. The van der Waals surface area contributed by atoms with E-state index in [1.54, 1.807) is 0 Å². The van der Waals surface area contributed by atoms with Gasteiger partial charge in [0.2, 0.25) is 0 Å². The van der Waals surface area contributed by atoms with Gasteiger partial charge < -0.3 is 33.2 Å². The van der Waals surface area contributed by atoms with Crippen LogP contribution in [0.1, 0.15) is 104 Å². The number of rotatable bonds is 38. The molecule has 9 heteroatoms. The van der Waals surface area contributed by atoms with Crippen molar-refractivity contribution in [1.29, 1.82) is 0 Å². The van der Waals surface area contributed by atoms with Gasteiger partial charge in [0.05, 0.1) is 92.5 Å². The molecule has 0 aliphatic carbocycles. The number of unbranched alkanes of at least 4 members (excludes halogenated alkanes) is 13. The SMILES string of the molecule is CCCCCCCCCCCCCCCCOOCCOCCOCCOCCOCCOCCOCCOCC. The van der Waals surface area contributed by atoms with Crippen LogP contribution in [0.5, 0.6) is 0 Å². The highest BCUT2D eigenvalue weighted by atomic mass is 17.2. The maximum Gasteiger partial charge on any atom is 0.106 e. The Bertz CT molecular complexity index is 405. The summed E-state index contributed by atoms with van der Waals surface area (Å²) < 4.78 is 37.9. The van der Waals surface area contributed by atoms with Crippen molar-refractivity contribution in [3.8, 4) is 0 Å². The summed E-state index contributed by atoms with van der Waals surface area (Å²) in [6.07, 6.45) is 19.0. The van der Waals surface area contributed by atoms with Gasteiger partial charge in [0.25, 0.3) is 0 Å². The summed E-state index contributed by atoms with van der Waals surface area (Å²) in [6, 6.07) is 0. The van der Waals surface area contributed by atoms with Crippen molar-refractivity contribution in [2.45, 2.75) is 104 Å². The van der Waals surface area contributed by atoms with Crippen molar-refractivity contribution in [2.75, 3.05) is 106 Å². The Balaban J connectivity index is 3.02. The molecule has 0 saturated heterocycles. The van der Waals surface area contributed by atoms with E-state index in [1.165, 1.54) is 83.5 Å². The molecule has 0 heterocycles. The Kier molecular flexibility index (Phi) is 39.3. The first-order valence-electron chi connectivity index (χ1n) is 16.7. The molecule has 0 bridgehead atoms. The lowest BCUT2D eigenvalue weighted by Crippen LogP contribution is -2.15. The van der Waals surface area contributed by atoms with Crippen LogP contribution in [-0.4, -0.2) is 106 Å². The fourth-order valence-electron chi connectivity index (χ4n) is 4.03. The van der Waals surface area contributed by atoms with Gasteiger partial charge in [-0.05, 0) is 13.3 Å². The lowest BCUT2D eigenvalue weighted by atomic mass is 10.0. The summed E-state index contributed by atoms with van der Waals surface area (Å²) in [5.41, 5.74) is 0. The quantitative estimate of drug-likeness (QED) is 0.0449. The summed E-state index contributed by atoms with van der Waals surface area (Å²) >= 11 is 0. The predicted molar refractivity (Wildman–Crippen MR) is 164 cm³/mol. The molecule has 0 N–H and O–H groups in total. The van der Waals surface area contributed by atoms with Crippen molar-refractivity contribution in [1.82, 2.24) is 0 Å². The Labute approximate surface area is 252 Å². The second kappa shape index (κ2) is 39.6. The van der Waals surface area contributed by atoms with Gasteiger partial charge in [0.1, 0.15) is 6.61 Å². The first-order valence-corrected chi connectivity index (χ1v) is 16.7. The molecule has 0 saturated carbocycles. The molecule has 0 fully saturated rings. The Morgan fingerprint density at radius 2 is 0.512 bits per heavy atom. The lowest BCUT2D eigenvalue weighted by Gasteiger charge is -2.08. The molecule has 0 rings (SSSR count). The second-order valence-corrected chi connectivity index (χ2v) is 10.1. The summed E-state index contributed by atoms with van der Waals surface area (Å²) in [5.74, 6) is 0. The predicted octanol–water partition coefficient (Wildman–Crippen LogP) is 6.55. The highest BCUT2D eigenvalue weighted by molar-refractivity contribution is 4.49. The van der Waals surface area contributed by atoms with E-state index in [9.17, 15) is 0 Å². The van der Waals surface area contributed by atoms with Crippen LogP contribution in [0.15, 0.2) is 0 Å². The molecule has 0 aliphatic heterocycles. The summed E-state index contributed by atoms with van der Waals surface area (Å²) in [6.45, 7) is 13.2. The van der Waals surface area contributed by atoms with Gasteiger partial charge in [0, 0.05) is 6.61 Å². The van der Waals surface area contributed by atoms with Crippen LogP contribution in [-0.2, 0) is 42.9 Å². The van der Waals surface area contributed by atoms with Gasteiger partial charge in [-0.2, -0.15) is 0 Å². The third-order valence-electron chi connectivity index (χ3n) is 6.41. The molecule has 0 aromatic heterocycles. The van der Waals surface area contributed by atoms with E-state index in [2.05, 4.69) is 6.92 Å². The summed E-state index contributed by atoms with van der Waals surface area (Å²) in [7, 11) is 0. The van der Waals surface area contributed by atoms with Crippen molar-refractivity contribution >= 4 is 0 Å². The largest absolute Gasteiger partial charge is 0.379 e. The molecular formula is C32H66O9. The summed E-state index contributed by atoms with van der Waals surface area (Å²) in [4.78, 5) is 10.4. The smallest absolute Gasteiger partial charge is 0.106 e. The second-order valence-electron chi connectivity index (χ2n) is 10.1. The molecule has 248 valence electrons. The zero-order valence-electron chi connectivity index (χ0n) is 26.9. The van der Waals surface area contributed by atoms with E-state index in [1.807, 2.05) is 6.92 Å². The molecule has 0 spiro atoms. The molecular weight excluding hydrogens is 528 g/mol. The van der Waals surface area contributed by atoms with Crippen LogP contribution in [0.4, 0.5) is 0 Å². The zero-order chi connectivity index (χ0) is 29.6. The highest BCUT2D eigenvalue weighted by Gasteiger charge is 1.97. The fourth-order valence-corrected chi connectivity index (χ4v) is 4.03. The molecule has 0 aliphatic rings. The van der Waals surface area contributed by atoms with E-state index in [0.717, 1.165) is 13.0 Å². The first kappa shape index (κ1) is 40.6. The van der Waals surface area contributed by atoms with Crippen LogP contribution in [0, 0.1) is 0 Å². The van der Waals surface area contributed by atoms with Gasteiger partial charge in [-0.25, -0.2) is 9.78 Å². The Morgan fingerprint density at radius 1 is 0.244 bits per heavy atom. The third kappa shape index (κ3) is 39.6. The first-order chi connectivity index (χ1) is 20.4.